The van der Waals surface area contributed by atoms with Crippen LogP contribution in [0.4, 0.5) is 18.9 Å². The second-order valence-electron chi connectivity index (χ2n) is 7.01. The van der Waals surface area contributed by atoms with Crippen LogP contribution in [0.1, 0.15) is 15.9 Å². The van der Waals surface area contributed by atoms with E-state index >= 15 is 0 Å². The molecule has 0 aromatic heterocycles. The van der Waals surface area contributed by atoms with Gasteiger partial charge in [-0.1, -0.05) is 18.2 Å². The van der Waals surface area contributed by atoms with Gasteiger partial charge >= 0.3 is 6.36 Å². The van der Waals surface area contributed by atoms with Crippen LogP contribution in [0.25, 0.3) is 6.08 Å². The lowest BCUT2D eigenvalue weighted by atomic mass is 10.1. The summed E-state index contributed by atoms with van der Waals surface area (Å²) >= 11 is 0. The van der Waals surface area contributed by atoms with Gasteiger partial charge in [0, 0.05) is 16.8 Å². The fraction of sp³-hybridized carbons (Fsp3) is 0.120. The van der Waals surface area contributed by atoms with E-state index in [4.69, 9.17) is 9.47 Å². The number of benzene rings is 3. The monoisotopic (exact) mass is 486 g/mol. The summed E-state index contributed by atoms with van der Waals surface area (Å²) in [7, 11) is 2.93. The molecule has 0 atom stereocenters. The summed E-state index contributed by atoms with van der Waals surface area (Å²) in [5.74, 6) is -0.790. The number of hydrogen-bond donors (Lipinski definition) is 2. The van der Waals surface area contributed by atoms with Crippen molar-refractivity contribution >= 4 is 23.6 Å². The Hall–Kier alpha value is -4.47. The fourth-order valence-corrected chi connectivity index (χ4v) is 2.99. The van der Waals surface area contributed by atoms with E-state index in [1.807, 2.05) is 0 Å². The SMILES string of the molecule is COc1ccc(OC)c(/C=C(/NC(=O)c2ccccc2)C(=O)Nc2ccc(OC(F)(F)F)cc2)c1. The van der Waals surface area contributed by atoms with E-state index in [1.165, 1.54) is 32.4 Å². The molecule has 0 spiro atoms. The number of methoxy groups -OCH3 is 2. The molecular weight excluding hydrogens is 465 g/mol. The van der Waals surface area contributed by atoms with Crippen molar-refractivity contribution in [3.63, 3.8) is 0 Å². The summed E-state index contributed by atoms with van der Waals surface area (Å²) in [6.45, 7) is 0. The third-order valence-electron chi connectivity index (χ3n) is 4.61. The molecule has 0 aliphatic carbocycles. The first-order valence-corrected chi connectivity index (χ1v) is 10.2. The number of rotatable bonds is 8. The van der Waals surface area contributed by atoms with Crippen molar-refractivity contribution < 1.29 is 37.0 Å². The van der Waals surface area contributed by atoms with Crippen LogP contribution >= 0.6 is 0 Å². The van der Waals surface area contributed by atoms with Crippen LogP contribution in [0.3, 0.4) is 0 Å². The second-order valence-corrected chi connectivity index (χ2v) is 7.01. The quantitative estimate of drug-likeness (QED) is 0.437. The van der Waals surface area contributed by atoms with Gasteiger partial charge in [0.25, 0.3) is 11.8 Å². The van der Waals surface area contributed by atoms with Crippen LogP contribution in [0.5, 0.6) is 17.2 Å². The van der Waals surface area contributed by atoms with Gasteiger partial charge in [0.2, 0.25) is 0 Å². The van der Waals surface area contributed by atoms with Gasteiger partial charge in [-0.15, -0.1) is 13.2 Å². The predicted octanol–water partition coefficient (Wildman–Crippen LogP) is 5.01. The van der Waals surface area contributed by atoms with E-state index in [2.05, 4.69) is 15.4 Å². The van der Waals surface area contributed by atoms with E-state index in [9.17, 15) is 22.8 Å². The Kier molecular flexibility index (Phi) is 7.98. The van der Waals surface area contributed by atoms with E-state index < -0.39 is 23.9 Å². The molecule has 10 heteroatoms. The van der Waals surface area contributed by atoms with E-state index in [0.717, 1.165) is 12.1 Å². The van der Waals surface area contributed by atoms with Crippen molar-refractivity contribution in [3.05, 3.63) is 89.6 Å². The van der Waals surface area contributed by atoms with Gasteiger partial charge in [0.15, 0.2) is 0 Å². The summed E-state index contributed by atoms with van der Waals surface area (Å²) in [6, 6.07) is 17.8. The number of ether oxygens (including phenoxy) is 3. The Morgan fingerprint density at radius 1 is 0.857 bits per heavy atom. The molecule has 0 bridgehead atoms. The Morgan fingerprint density at radius 2 is 1.51 bits per heavy atom. The average Bonchev–Trinajstić information content (AvgIpc) is 2.84. The third kappa shape index (κ3) is 7.26. The summed E-state index contributed by atoms with van der Waals surface area (Å²) in [5, 5.41) is 5.12. The number of hydrogen-bond acceptors (Lipinski definition) is 5. The Bertz CT molecular complexity index is 1210. The minimum absolute atomic E-state index is 0.138. The average molecular weight is 486 g/mol. The van der Waals surface area contributed by atoms with Crippen molar-refractivity contribution in [1.29, 1.82) is 0 Å². The summed E-state index contributed by atoms with van der Waals surface area (Å²) in [5.41, 5.74) is 0.805. The standard InChI is InChI=1S/C25H21F3N2O5/c1-33-20-12-13-22(34-2)17(14-20)15-21(30-23(31)16-6-4-3-5-7-16)24(32)29-18-8-10-19(11-9-18)35-25(26,27)28/h3-15H,1-2H3,(H,29,32)(H,30,31)/b21-15+. The maximum absolute atomic E-state index is 13.1. The van der Waals surface area contributed by atoms with Crippen molar-refractivity contribution in [2.45, 2.75) is 6.36 Å². The van der Waals surface area contributed by atoms with Gasteiger partial charge in [-0.3, -0.25) is 9.59 Å². The molecule has 3 rings (SSSR count). The number of nitrogens with one attached hydrogen (secondary N) is 2. The van der Waals surface area contributed by atoms with Crippen LogP contribution in [-0.2, 0) is 4.79 Å². The second kappa shape index (κ2) is 11.1. The van der Waals surface area contributed by atoms with E-state index in [1.54, 1.807) is 48.5 Å². The highest BCUT2D eigenvalue weighted by molar-refractivity contribution is 6.10. The summed E-state index contributed by atoms with van der Waals surface area (Å²) in [6.07, 6.45) is -3.43. The normalized spacial score (nSPS) is 11.4. The predicted molar refractivity (Wildman–Crippen MR) is 123 cm³/mol. The van der Waals surface area contributed by atoms with E-state index in [0.29, 0.717) is 22.6 Å². The number of halogens is 3. The van der Waals surface area contributed by atoms with Gasteiger partial charge in [0.1, 0.15) is 22.9 Å². The van der Waals surface area contributed by atoms with Gasteiger partial charge in [-0.25, -0.2) is 0 Å². The molecule has 0 saturated heterocycles. The van der Waals surface area contributed by atoms with Gasteiger partial charge < -0.3 is 24.8 Å². The Labute approximate surface area is 199 Å². The van der Waals surface area contributed by atoms with Crippen molar-refractivity contribution in [3.8, 4) is 17.2 Å². The minimum Gasteiger partial charge on any atom is -0.497 e. The molecule has 0 aliphatic rings. The molecule has 2 amide bonds. The lowest BCUT2D eigenvalue weighted by Crippen LogP contribution is -2.30. The smallest absolute Gasteiger partial charge is 0.497 e. The lowest BCUT2D eigenvalue weighted by Gasteiger charge is -2.14. The number of carbonyl (C=O) groups excluding carboxylic acids is 2. The highest BCUT2D eigenvalue weighted by atomic mass is 19.4. The number of carbonyl (C=O) groups is 2. The zero-order valence-corrected chi connectivity index (χ0v) is 18.7. The molecule has 0 radical (unpaired) electrons. The lowest BCUT2D eigenvalue weighted by molar-refractivity contribution is -0.274. The first-order chi connectivity index (χ1) is 16.7. The Morgan fingerprint density at radius 3 is 2.11 bits per heavy atom. The minimum atomic E-state index is -4.84. The van der Waals surface area contributed by atoms with Crippen LogP contribution in [-0.4, -0.2) is 32.4 Å². The molecule has 35 heavy (non-hydrogen) atoms. The fourth-order valence-electron chi connectivity index (χ4n) is 2.99. The maximum Gasteiger partial charge on any atom is 0.573 e. The van der Waals surface area contributed by atoms with Crippen molar-refractivity contribution in [2.24, 2.45) is 0 Å². The van der Waals surface area contributed by atoms with Crippen LogP contribution in [0.2, 0.25) is 0 Å². The molecule has 0 heterocycles. The number of anilines is 1. The van der Waals surface area contributed by atoms with Crippen LogP contribution in [0, 0.1) is 0 Å². The zero-order valence-electron chi connectivity index (χ0n) is 18.7. The largest absolute Gasteiger partial charge is 0.573 e. The number of amides is 2. The van der Waals surface area contributed by atoms with Crippen molar-refractivity contribution in [1.82, 2.24) is 5.32 Å². The van der Waals surface area contributed by atoms with Crippen molar-refractivity contribution in [2.75, 3.05) is 19.5 Å². The molecule has 0 aliphatic heterocycles. The molecular formula is C25H21F3N2O5. The highest BCUT2D eigenvalue weighted by Crippen LogP contribution is 2.27. The zero-order chi connectivity index (χ0) is 25.4. The molecule has 0 saturated carbocycles. The topological polar surface area (TPSA) is 85.9 Å². The maximum atomic E-state index is 13.1. The first kappa shape index (κ1) is 25.2. The van der Waals surface area contributed by atoms with Crippen LogP contribution in [0.15, 0.2) is 78.5 Å². The van der Waals surface area contributed by atoms with Gasteiger partial charge in [-0.05, 0) is 60.7 Å². The van der Waals surface area contributed by atoms with Crippen LogP contribution < -0.4 is 24.8 Å². The molecule has 3 aromatic carbocycles. The summed E-state index contributed by atoms with van der Waals surface area (Å²) in [4.78, 5) is 25.8. The molecule has 2 N–H and O–H groups in total. The molecule has 182 valence electrons. The highest BCUT2D eigenvalue weighted by Gasteiger charge is 2.31. The summed E-state index contributed by atoms with van der Waals surface area (Å²) < 4.78 is 51.5. The first-order valence-electron chi connectivity index (χ1n) is 10.2. The van der Waals surface area contributed by atoms with Gasteiger partial charge in [-0.2, -0.15) is 0 Å². The third-order valence-corrected chi connectivity index (χ3v) is 4.61. The Balaban J connectivity index is 1.91. The number of alkyl halides is 3. The molecule has 3 aromatic rings. The van der Waals surface area contributed by atoms with E-state index in [-0.39, 0.29) is 11.4 Å². The molecule has 0 fully saturated rings. The van der Waals surface area contributed by atoms with Gasteiger partial charge in [0.05, 0.1) is 14.2 Å². The molecule has 0 unspecified atom stereocenters. The molecule has 7 nitrogen and oxygen atoms in total.